The molecule has 3 aromatic rings. The second-order valence-corrected chi connectivity index (χ2v) is 4.27. The fraction of sp³-hybridized carbons (Fsp3) is 0.154. The van der Waals surface area contributed by atoms with Crippen molar-refractivity contribution >= 4 is 22.6 Å². The van der Waals surface area contributed by atoms with Gasteiger partial charge in [0, 0.05) is 12.4 Å². The fourth-order valence-corrected chi connectivity index (χ4v) is 1.97. The van der Waals surface area contributed by atoms with Crippen molar-refractivity contribution in [2.24, 2.45) is 7.05 Å². The first kappa shape index (κ1) is 11.5. The molecule has 0 radical (unpaired) electrons. The first-order valence-electron chi connectivity index (χ1n) is 5.78. The summed E-state index contributed by atoms with van der Waals surface area (Å²) in [4.78, 5) is 16.2. The van der Waals surface area contributed by atoms with Crippen LogP contribution in [0.25, 0.3) is 11.0 Å². The number of aryl methyl sites for hydroxylation is 2. The number of anilines is 1. The van der Waals surface area contributed by atoms with E-state index in [4.69, 9.17) is 4.42 Å². The highest BCUT2D eigenvalue weighted by atomic mass is 16.3. The van der Waals surface area contributed by atoms with Gasteiger partial charge in [0.15, 0.2) is 5.65 Å². The highest BCUT2D eigenvalue weighted by Crippen LogP contribution is 2.19. The fourth-order valence-electron chi connectivity index (χ4n) is 1.97. The van der Waals surface area contributed by atoms with E-state index >= 15 is 0 Å². The van der Waals surface area contributed by atoms with Gasteiger partial charge < -0.3 is 9.73 Å². The minimum atomic E-state index is -0.226. The molecule has 6 nitrogen and oxygen atoms in total. The lowest BCUT2D eigenvalue weighted by atomic mass is 10.2. The van der Waals surface area contributed by atoms with Crippen LogP contribution in [-0.4, -0.2) is 20.7 Å². The molecule has 0 fully saturated rings. The van der Waals surface area contributed by atoms with Crippen molar-refractivity contribution in [3.05, 3.63) is 42.1 Å². The van der Waals surface area contributed by atoms with E-state index < -0.39 is 0 Å². The SMILES string of the molecule is Cc1nn(C)c2ncc(NC(=O)c3ccoc3)cc12. The number of hydrogen-bond donors (Lipinski definition) is 1. The van der Waals surface area contributed by atoms with Crippen molar-refractivity contribution in [3.63, 3.8) is 0 Å². The Bertz CT molecular complexity index is 743. The summed E-state index contributed by atoms with van der Waals surface area (Å²) in [5.41, 5.74) is 2.78. The number of fused-ring (bicyclic) bond motifs is 1. The summed E-state index contributed by atoms with van der Waals surface area (Å²) in [7, 11) is 1.84. The summed E-state index contributed by atoms with van der Waals surface area (Å²) in [5, 5.41) is 7.98. The van der Waals surface area contributed by atoms with Crippen molar-refractivity contribution < 1.29 is 9.21 Å². The van der Waals surface area contributed by atoms with E-state index in [1.165, 1.54) is 12.5 Å². The number of nitrogens with one attached hydrogen (secondary N) is 1. The molecule has 96 valence electrons. The van der Waals surface area contributed by atoms with Gasteiger partial charge in [0.1, 0.15) is 6.26 Å². The number of furan rings is 1. The van der Waals surface area contributed by atoms with Crippen LogP contribution in [0.5, 0.6) is 0 Å². The van der Waals surface area contributed by atoms with Crippen LogP contribution in [0, 0.1) is 6.92 Å². The van der Waals surface area contributed by atoms with Crippen LogP contribution in [0.15, 0.2) is 35.3 Å². The molecule has 3 aromatic heterocycles. The molecule has 6 heteroatoms. The quantitative estimate of drug-likeness (QED) is 0.762. The molecule has 1 amide bonds. The molecule has 0 saturated heterocycles. The minimum absolute atomic E-state index is 0.226. The molecule has 0 atom stereocenters. The minimum Gasteiger partial charge on any atom is -0.472 e. The third-order valence-electron chi connectivity index (χ3n) is 2.90. The first-order chi connectivity index (χ1) is 9.15. The maximum atomic E-state index is 11.9. The Morgan fingerprint density at radius 2 is 2.32 bits per heavy atom. The van der Waals surface area contributed by atoms with Crippen molar-refractivity contribution in [2.75, 3.05) is 5.32 Å². The second kappa shape index (κ2) is 4.24. The normalized spacial score (nSPS) is 10.8. The zero-order valence-electron chi connectivity index (χ0n) is 10.5. The molecule has 0 aromatic carbocycles. The van der Waals surface area contributed by atoms with E-state index in [0.29, 0.717) is 11.3 Å². The Kier molecular flexibility index (Phi) is 2.56. The summed E-state index contributed by atoms with van der Waals surface area (Å²) >= 11 is 0. The maximum Gasteiger partial charge on any atom is 0.258 e. The molecule has 0 bridgehead atoms. The van der Waals surface area contributed by atoms with Crippen LogP contribution in [0.2, 0.25) is 0 Å². The van der Waals surface area contributed by atoms with Crippen LogP contribution >= 0.6 is 0 Å². The lowest BCUT2D eigenvalue weighted by Gasteiger charge is -2.03. The van der Waals surface area contributed by atoms with Gasteiger partial charge in [-0.15, -0.1) is 0 Å². The maximum absolute atomic E-state index is 11.9. The molecule has 0 spiro atoms. The number of pyridine rings is 1. The number of amides is 1. The van der Waals surface area contributed by atoms with Gasteiger partial charge >= 0.3 is 0 Å². The summed E-state index contributed by atoms with van der Waals surface area (Å²) in [5.74, 6) is -0.226. The lowest BCUT2D eigenvalue weighted by molar-refractivity contribution is 0.102. The van der Waals surface area contributed by atoms with Crippen LogP contribution < -0.4 is 5.32 Å². The van der Waals surface area contributed by atoms with Crippen molar-refractivity contribution in [2.45, 2.75) is 6.92 Å². The van der Waals surface area contributed by atoms with Crippen LogP contribution in [0.4, 0.5) is 5.69 Å². The summed E-state index contributed by atoms with van der Waals surface area (Å²) in [6.45, 7) is 1.91. The number of carbonyl (C=O) groups is 1. The van der Waals surface area contributed by atoms with E-state index in [2.05, 4.69) is 15.4 Å². The zero-order valence-corrected chi connectivity index (χ0v) is 10.5. The summed E-state index contributed by atoms with van der Waals surface area (Å²) < 4.78 is 6.59. The molecule has 0 aliphatic heterocycles. The number of rotatable bonds is 2. The van der Waals surface area contributed by atoms with Gasteiger partial charge in [-0.2, -0.15) is 5.10 Å². The molecule has 0 aliphatic carbocycles. The van der Waals surface area contributed by atoms with Gasteiger partial charge in [-0.3, -0.25) is 9.48 Å². The van der Waals surface area contributed by atoms with Gasteiger partial charge in [0.25, 0.3) is 5.91 Å². The molecular weight excluding hydrogens is 244 g/mol. The highest BCUT2D eigenvalue weighted by molar-refractivity contribution is 6.04. The van der Waals surface area contributed by atoms with Crippen molar-refractivity contribution in [3.8, 4) is 0 Å². The highest BCUT2D eigenvalue weighted by Gasteiger charge is 2.10. The van der Waals surface area contributed by atoms with Crippen molar-refractivity contribution in [1.29, 1.82) is 0 Å². The van der Waals surface area contributed by atoms with E-state index in [1.54, 1.807) is 16.9 Å². The Labute approximate surface area is 109 Å². The Balaban J connectivity index is 1.94. The van der Waals surface area contributed by atoms with E-state index in [1.807, 2.05) is 20.0 Å². The Hall–Kier alpha value is -2.63. The van der Waals surface area contributed by atoms with Crippen LogP contribution in [0.3, 0.4) is 0 Å². The van der Waals surface area contributed by atoms with E-state index in [9.17, 15) is 4.79 Å². The number of hydrogen-bond acceptors (Lipinski definition) is 4. The van der Waals surface area contributed by atoms with Gasteiger partial charge in [0.2, 0.25) is 0 Å². The van der Waals surface area contributed by atoms with Crippen LogP contribution in [0.1, 0.15) is 16.1 Å². The molecule has 1 N–H and O–H groups in total. The van der Waals surface area contributed by atoms with Gasteiger partial charge in [-0.1, -0.05) is 0 Å². The Morgan fingerprint density at radius 1 is 1.47 bits per heavy atom. The first-order valence-corrected chi connectivity index (χ1v) is 5.78. The topological polar surface area (TPSA) is 73.0 Å². The molecule has 3 heterocycles. The second-order valence-electron chi connectivity index (χ2n) is 4.27. The number of carbonyl (C=O) groups excluding carboxylic acids is 1. The molecule has 0 unspecified atom stereocenters. The predicted octanol–water partition coefficient (Wildman–Crippen LogP) is 2.12. The number of nitrogens with zero attached hydrogens (tertiary/aromatic N) is 3. The predicted molar refractivity (Wildman–Crippen MR) is 69.9 cm³/mol. The summed E-state index contributed by atoms with van der Waals surface area (Å²) in [6, 6.07) is 3.47. The van der Waals surface area contributed by atoms with Gasteiger partial charge in [-0.25, -0.2) is 4.98 Å². The molecule has 0 aliphatic rings. The molecule has 0 saturated carbocycles. The van der Waals surface area contributed by atoms with E-state index in [0.717, 1.165) is 16.7 Å². The van der Waals surface area contributed by atoms with Crippen molar-refractivity contribution in [1.82, 2.24) is 14.8 Å². The molecular formula is C13H12N4O2. The standard InChI is InChI=1S/C13H12N4O2/c1-8-11-5-10(6-14-12(11)17(2)16-8)15-13(18)9-3-4-19-7-9/h3-7H,1-2H3,(H,15,18). The average molecular weight is 256 g/mol. The zero-order chi connectivity index (χ0) is 13.4. The van der Waals surface area contributed by atoms with Gasteiger partial charge in [-0.05, 0) is 19.1 Å². The third-order valence-corrected chi connectivity index (χ3v) is 2.90. The van der Waals surface area contributed by atoms with Gasteiger partial charge in [0.05, 0.1) is 29.4 Å². The van der Waals surface area contributed by atoms with E-state index in [-0.39, 0.29) is 5.91 Å². The molecule has 19 heavy (non-hydrogen) atoms. The Morgan fingerprint density at radius 3 is 3.05 bits per heavy atom. The smallest absolute Gasteiger partial charge is 0.258 e. The largest absolute Gasteiger partial charge is 0.472 e. The monoisotopic (exact) mass is 256 g/mol. The number of aromatic nitrogens is 3. The average Bonchev–Trinajstić information content (AvgIpc) is 2.99. The van der Waals surface area contributed by atoms with Crippen LogP contribution in [-0.2, 0) is 7.05 Å². The lowest BCUT2D eigenvalue weighted by Crippen LogP contribution is -2.11. The molecule has 3 rings (SSSR count). The summed E-state index contributed by atoms with van der Waals surface area (Å²) in [6.07, 6.45) is 4.47. The third kappa shape index (κ3) is 1.97.